The van der Waals surface area contributed by atoms with E-state index in [4.69, 9.17) is 9.47 Å². The molecule has 0 unspecified atom stereocenters. The molecule has 1 aromatic carbocycles. The highest BCUT2D eigenvalue weighted by atomic mass is 32.1. The third-order valence-corrected chi connectivity index (χ3v) is 4.03. The van der Waals surface area contributed by atoms with E-state index in [1.54, 1.807) is 44.8 Å². The van der Waals surface area contributed by atoms with Crippen molar-refractivity contribution in [3.8, 4) is 11.5 Å². The molecular formula is C15H13N3O3S. The zero-order valence-corrected chi connectivity index (χ0v) is 12.8. The average molecular weight is 315 g/mol. The maximum Gasteiger partial charge on any atom is 0.284 e. The van der Waals surface area contributed by atoms with Crippen LogP contribution in [0, 0.1) is 0 Å². The molecule has 0 atom stereocenters. The number of ether oxygens (including phenoxy) is 2. The van der Waals surface area contributed by atoms with Crippen LogP contribution in [-0.4, -0.2) is 30.1 Å². The van der Waals surface area contributed by atoms with E-state index >= 15 is 0 Å². The van der Waals surface area contributed by atoms with E-state index in [-0.39, 0.29) is 5.91 Å². The van der Waals surface area contributed by atoms with Crippen molar-refractivity contribution in [2.75, 3.05) is 19.5 Å². The summed E-state index contributed by atoms with van der Waals surface area (Å²) in [7, 11) is 3.11. The second-order valence-corrected chi connectivity index (χ2v) is 5.45. The van der Waals surface area contributed by atoms with Gasteiger partial charge in [0.15, 0.2) is 5.01 Å². The lowest BCUT2D eigenvalue weighted by molar-refractivity contribution is 0.102. The molecule has 0 aliphatic rings. The molecular weight excluding hydrogens is 302 g/mol. The van der Waals surface area contributed by atoms with Crippen LogP contribution in [-0.2, 0) is 0 Å². The van der Waals surface area contributed by atoms with E-state index in [1.165, 1.54) is 11.3 Å². The van der Waals surface area contributed by atoms with E-state index in [0.717, 1.165) is 4.70 Å². The van der Waals surface area contributed by atoms with Crippen LogP contribution in [0.15, 0.2) is 36.7 Å². The van der Waals surface area contributed by atoms with Gasteiger partial charge in [0, 0.05) is 30.1 Å². The Hall–Kier alpha value is -2.67. The summed E-state index contributed by atoms with van der Waals surface area (Å²) in [6, 6.07) is 7.00. The van der Waals surface area contributed by atoms with Gasteiger partial charge in [-0.1, -0.05) is 0 Å². The lowest BCUT2D eigenvalue weighted by Gasteiger charge is -2.08. The smallest absolute Gasteiger partial charge is 0.284 e. The molecule has 0 fully saturated rings. The third kappa shape index (κ3) is 2.84. The van der Waals surface area contributed by atoms with Gasteiger partial charge >= 0.3 is 0 Å². The van der Waals surface area contributed by atoms with Crippen molar-refractivity contribution in [2.24, 2.45) is 0 Å². The maximum atomic E-state index is 12.3. The second kappa shape index (κ2) is 5.98. The molecule has 0 aliphatic carbocycles. The highest BCUT2D eigenvalue weighted by molar-refractivity contribution is 7.20. The lowest BCUT2D eigenvalue weighted by Crippen LogP contribution is -2.11. The Morgan fingerprint density at radius 2 is 1.91 bits per heavy atom. The predicted octanol–water partition coefficient (Wildman–Crippen LogP) is 2.96. The van der Waals surface area contributed by atoms with Gasteiger partial charge in [-0.15, -0.1) is 11.3 Å². The quantitative estimate of drug-likeness (QED) is 0.801. The van der Waals surface area contributed by atoms with Crippen molar-refractivity contribution in [3.63, 3.8) is 0 Å². The number of aromatic nitrogens is 2. The average Bonchev–Trinajstić information content (AvgIpc) is 2.98. The van der Waals surface area contributed by atoms with Crippen molar-refractivity contribution < 1.29 is 14.3 Å². The van der Waals surface area contributed by atoms with Crippen LogP contribution in [0.1, 0.15) is 9.80 Å². The van der Waals surface area contributed by atoms with Gasteiger partial charge in [-0.3, -0.25) is 9.78 Å². The van der Waals surface area contributed by atoms with Gasteiger partial charge in [0.05, 0.1) is 25.1 Å². The second-order valence-electron chi connectivity index (χ2n) is 4.42. The summed E-state index contributed by atoms with van der Waals surface area (Å²) in [4.78, 5) is 20.6. The van der Waals surface area contributed by atoms with Gasteiger partial charge < -0.3 is 14.8 Å². The molecule has 0 aliphatic heterocycles. The molecule has 1 amide bonds. The van der Waals surface area contributed by atoms with Crippen molar-refractivity contribution in [2.45, 2.75) is 0 Å². The minimum absolute atomic E-state index is 0.281. The number of nitrogens with zero attached hydrogens (tertiary/aromatic N) is 2. The number of rotatable bonds is 4. The standard InChI is InChI=1S/C15H13N3O3S/c1-20-10-5-9(6-11(7-10)21-2)17-14(19)15-18-12-8-16-4-3-13(12)22-15/h3-8H,1-2H3,(H,17,19). The first kappa shape index (κ1) is 14.3. The molecule has 2 heterocycles. The van der Waals surface area contributed by atoms with Crippen LogP contribution >= 0.6 is 11.3 Å². The zero-order valence-electron chi connectivity index (χ0n) is 12.0. The fourth-order valence-electron chi connectivity index (χ4n) is 1.94. The van der Waals surface area contributed by atoms with Crippen molar-refractivity contribution in [3.05, 3.63) is 41.7 Å². The predicted molar refractivity (Wildman–Crippen MR) is 84.9 cm³/mol. The summed E-state index contributed by atoms with van der Waals surface area (Å²) in [6.45, 7) is 0. The number of methoxy groups -OCH3 is 2. The number of hydrogen-bond acceptors (Lipinski definition) is 6. The summed E-state index contributed by atoms with van der Waals surface area (Å²) < 4.78 is 11.3. The van der Waals surface area contributed by atoms with Crippen LogP contribution in [0.4, 0.5) is 5.69 Å². The Morgan fingerprint density at radius 1 is 1.18 bits per heavy atom. The molecule has 112 valence electrons. The van der Waals surface area contributed by atoms with Crippen LogP contribution in [0.25, 0.3) is 10.2 Å². The first-order valence-electron chi connectivity index (χ1n) is 6.44. The SMILES string of the molecule is COc1cc(NC(=O)c2nc3cnccc3s2)cc(OC)c1. The maximum absolute atomic E-state index is 12.3. The lowest BCUT2D eigenvalue weighted by atomic mass is 10.2. The van der Waals surface area contributed by atoms with Gasteiger partial charge in [-0.05, 0) is 6.07 Å². The number of carbonyl (C=O) groups is 1. The van der Waals surface area contributed by atoms with Gasteiger partial charge in [-0.2, -0.15) is 0 Å². The number of hydrogen-bond donors (Lipinski definition) is 1. The third-order valence-electron chi connectivity index (χ3n) is 2.99. The van der Waals surface area contributed by atoms with Crippen molar-refractivity contribution >= 4 is 33.1 Å². The normalized spacial score (nSPS) is 10.5. The van der Waals surface area contributed by atoms with Gasteiger partial charge in [0.2, 0.25) is 0 Å². The van der Waals surface area contributed by atoms with Crippen LogP contribution < -0.4 is 14.8 Å². The molecule has 3 rings (SSSR count). The molecule has 7 heteroatoms. The topological polar surface area (TPSA) is 73.3 Å². The van der Waals surface area contributed by atoms with Gasteiger partial charge in [0.1, 0.15) is 17.0 Å². The number of nitrogens with one attached hydrogen (secondary N) is 1. The van der Waals surface area contributed by atoms with E-state index in [9.17, 15) is 4.79 Å². The number of carbonyl (C=O) groups excluding carboxylic acids is 1. The number of fused-ring (bicyclic) bond motifs is 1. The number of amides is 1. The first-order chi connectivity index (χ1) is 10.7. The van der Waals surface area contributed by atoms with E-state index < -0.39 is 0 Å². The summed E-state index contributed by atoms with van der Waals surface area (Å²) in [6.07, 6.45) is 3.31. The fourth-order valence-corrected chi connectivity index (χ4v) is 2.77. The highest BCUT2D eigenvalue weighted by Crippen LogP contribution is 2.27. The van der Waals surface area contributed by atoms with Gasteiger partial charge in [0.25, 0.3) is 5.91 Å². The Balaban J connectivity index is 1.87. The molecule has 2 aromatic heterocycles. The molecule has 3 aromatic rings. The Bertz CT molecular complexity index is 777. The molecule has 22 heavy (non-hydrogen) atoms. The number of thiazole rings is 1. The van der Waals surface area contributed by atoms with Crippen LogP contribution in [0.2, 0.25) is 0 Å². The molecule has 0 spiro atoms. The monoisotopic (exact) mass is 315 g/mol. The van der Waals surface area contributed by atoms with Crippen molar-refractivity contribution in [1.82, 2.24) is 9.97 Å². The van der Waals surface area contributed by atoms with E-state index in [1.807, 2.05) is 6.07 Å². The zero-order chi connectivity index (χ0) is 15.5. The summed E-state index contributed by atoms with van der Waals surface area (Å²) in [5.41, 5.74) is 1.29. The molecule has 1 N–H and O–H groups in total. The minimum Gasteiger partial charge on any atom is -0.497 e. The van der Waals surface area contributed by atoms with Crippen molar-refractivity contribution in [1.29, 1.82) is 0 Å². The number of pyridine rings is 1. The van der Waals surface area contributed by atoms with Crippen LogP contribution in [0.3, 0.4) is 0 Å². The molecule has 0 bridgehead atoms. The van der Waals surface area contributed by atoms with E-state index in [0.29, 0.717) is 27.7 Å². The molecule has 0 saturated carbocycles. The molecule has 6 nitrogen and oxygen atoms in total. The number of benzene rings is 1. The molecule has 0 saturated heterocycles. The van der Waals surface area contributed by atoms with Crippen LogP contribution in [0.5, 0.6) is 11.5 Å². The molecule has 0 radical (unpaired) electrons. The Kier molecular flexibility index (Phi) is 3.88. The minimum atomic E-state index is -0.281. The summed E-state index contributed by atoms with van der Waals surface area (Å²) in [5.74, 6) is 0.919. The Morgan fingerprint density at radius 3 is 2.55 bits per heavy atom. The summed E-state index contributed by atoms with van der Waals surface area (Å²) >= 11 is 1.32. The van der Waals surface area contributed by atoms with Gasteiger partial charge in [-0.25, -0.2) is 4.98 Å². The largest absolute Gasteiger partial charge is 0.497 e. The first-order valence-corrected chi connectivity index (χ1v) is 7.26. The Labute approximate surface area is 130 Å². The summed E-state index contributed by atoms with van der Waals surface area (Å²) in [5, 5.41) is 3.18. The van der Waals surface area contributed by atoms with E-state index in [2.05, 4.69) is 15.3 Å². The highest BCUT2D eigenvalue weighted by Gasteiger charge is 2.13. The fraction of sp³-hybridized carbons (Fsp3) is 0.133. The number of anilines is 1.